The number of thiol groups is 1. The fourth-order valence-electron chi connectivity index (χ4n) is 0.593. The molecule has 7 heteroatoms. The van der Waals surface area contributed by atoms with Crippen LogP contribution in [0.2, 0.25) is 25.1 Å². The van der Waals surface area contributed by atoms with Gasteiger partial charge in [-0.3, -0.25) is 0 Å². The molecule has 0 bridgehead atoms. The second-order valence-electron chi connectivity index (χ2n) is 1.92. The van der Waals surface area contributed by atoms with Gasteiger partial charge in [0.2, 0.25) is 0 Å². The predicted molar refractivity (Wildman–Crippen MR) is 58.7 cm³/mol. The number of hydrogen-bond donors (Lipinski definition) is 1. The van der Waals surface area contributed by atoms with Gasteiger partial charge < -0.3 is 0 Å². The summed E-state index contributed by atoms with van der Waals surface area (Å²) in [7, 11) is 0. The summed E-state index contributed by atoms with van der Waals surface area (Å²) in [5.41, 5.74) is 0. The van der Waals surface area contributed by atoms with E-state index < -0.39 is 0 Å². The Labute approximate surface area is 119 Å². The number of benzene rings is 1. The molecule has 66 valence electrons. The van der Waals surface area contributed by atoms with Crippen LogP contribution in [-0.4, -0.2) is 0 Å². The molecule has 1 aromatic rings. The van der Waals surface area contributed by atoms with Gasteiger partial charge in [-0.1, -0.05) is 58.0 Å². The van der Waals surface area contributed by atoms with Crippen molar-refractivity contribution in [2.75, 3.05) is 0 Å². The van der Waals surface area contributed by atoms with Crippen molar-refractivity contribution in [1.29, 1.82) is 0 Å². The molecule has 0 N–H and O–H groups in total. The van der Waals surface area contributed by atoms with Crippen LogP contribution in [0.4, 0.5) is 0 Å². The van der Waals surface area contributed by atoms with Gasteiger partial charge in [-0.05, 0) is 0 Å². The van der Waals surface area contributed by atoms with Crippen molar-refractivity contribution in [2.24, 2.45) is 0 Å². The average molecular weight is 348 g/mol. The fraction of sp³-hybridized carbons (Fsp3) is 0. The van der Waals surface area contributed by atoms with Gasteiger partial charge in [0, 0.05) is 4.90 Å². The molecule has 13 heavy (non-hydrogen) atoms. The molecule has 0 heterocycles. The molecule has 0 atom stereocenters. The zero-order chi connectivity index (χ0) is 9.46. The molecular weight excluding hydrogens is 347 g/mol. The molecule has 0 saturated heterocycles. The first kappa shape index (κ1) is 14.6. The molecule has 0 aliphatic carbocycles. The van der Waals surface area contributed by atoms with E-state index in [2.05, 4.69) is 12.6 Å². The molecular formula is C6HCl5SZn+2. The van der Waals surface area contributed by atoms with E-state index >= 15 is 0 Å². The van der Waals surface area contributed by atoms with E-state index in [1.54, 1.807) is 0 Å². The Morgan fingerprint density at radius 1 is 0.615 bits per heavy atom. The zero-order valence-electron chi connectivity index (χ0n) is 6.04. The van der Waals surface area contributed by atoms with Gasteiger partial charge in [-0.25, -0.2) is 0 Å². The van der Waals surface area contributed by atoms with E-state index in [0.29, 0.717) is 4.90 Å². The van der Waals surface area contributed by atoms with Crippen LogP contribution in [0, 0.1) is 0 Å². The summed E-state index contributed by atoms with van der Waals surface area (Å²) >= 11 is 32.6. The van der Waals surface area contributed by atoms with Crippen LogP contribution < -0.4 is 0 Å². The molecule has 0 aliphatic heterocycles. The molecule has 0 fully saturated rings. The van der Waals surface area contributed by atoms with Crippen LogP contribution in [0.15, 0.2) is 4.90 Å². The van der Waals surface area contributed by atoms with Gasteiger partial charge in [-0.15, -0.1) is 12.6 Å². The minimum absolute atomic E-state index is 0. The maximum atomic E-state index is 5.72. The Hall–Kier alpha value is 1.64. The maximum absolute atomic E-state index is 5.72. The zero-order valence-corrected chi connectivity index (χ0v) is 13.7. The second kappa shape index (κ2) is 5.65. The van der Waals surface area contributed by atoms with Crippen molar-refractivity contribution in [2.45, 2.75) is 4.90 Å². The standard InChI is InChI=1S/C6HCl5S.Zn/c7-1-2(8)4(10)6(12)5(11)3(1)9;/h12H;/q;+2. The molecule has 1 rings (SSSR count). The molecule has 0 radical (unpaired) electrons. The van der Waals surface area contributed by atoms with Crippen LogP contribution in [0.1, 0.15) is 0 Å². The SMILES string of the molecule is Sc1c(Cl)c(Cl)c(Cl)c(Cl)c1Cl.[Zn+2]. The van der Waals surface area contributed by atoms with Gasteiger partial charge in [0.1, 0.15) is 0 Å². The van der Waals surface area contributed by atoms with Crippen molar-refractivity contribution in [3.05, 3.63) is 25.1 Å². The van der Waals surface area contributed by atoms with Crippen molar-refractivity contribution < 1.29 is 19.5 Å². The second-order valence-corrected chi connectivity index (χ2v) is 4.26. The minimum atomic E-state index is 0. The summed E-state index contributed by atoms with van der Waals surface area (Å²) in [6.07, 6.45) is 0. The monoisotopic (exact) mass is 344 g/mol. The first-order valence-corrected chi connectivity index (χ1v) is 5.01. The molecule has 0 saturated carbocycles. The predicted octanol–water partition coefficient (Wildman–Crippen LogP) is 5.24. The molecule has 0 amide bonds. The average Bonchev–Trinajstić information content (AvgIpc) is 2.08. The van der Waals surface area contributed by atoms with Crippen LogP contribution >= 0.6 is 70.6 Å². The Morgan fingerprint density at radius 2 is 0.846 bits per heavy atom. The normalized spacial score (nSPS) is 9.69. The summed E-state index contributed by atoms with van der Waals surface area (Å²) in [6.45, 7) is 0. The molecule has 0 spiro atoms. The number of rotatable bonds is 0. The minimum Gasteiger partial charge on any atom is -0.140 e. The van der Waals surface area contributed by atoms with Gasteiger partial charge in [0.05, 0.1) is 25.1 Å². The Morgan fingerprint density at radius 3 is 1.15 bits per heavy atom. The Kier molecular flexibility index (Phi) is 6.37. The fourth-order valence-corrected chi connectivity index (χ4v) is 2.09. The summed E-state index contributed by atoms with van der Waals surface area (Å²) in [4.78, 5) is 0.331. The Balaban J connectivity index is 0.00000144. The van der Waals surface area contributed by atoms with Crippen molar-refractivity contribution in [3.8, 4) is 0 Å². The summed E-state index contributed by atoms with van der Waals surface area (Å²) in [6, 6.07) is 0. The van der Waals surface area contributed by atoms with Crippen molar-refractivity contribution >= 4 is 70.6 Å². The van der Waals surface area contributed by atoms with Gasteiger partial charge in [-0.2, -0.15) is 0 Å². The first-order valence-electron chi connectivity index (χ1n) is 2.67. The van der Waals surface area contributed by atoms with Crippen LogP contribution in [0.25, 0.3) is 0 Å². The quantitative estimate of drug-likeness (QED) is 0.282. The molecule has 1 aromatic carbocycles. The van der Waals surface area contributed by atoms with E-state index in [4.69, 9.17) is 58.0 Å². The molecule has 0 nitrogen and oxygen atoms in total. The number of halogens is 5. The summed E-state index contributed by atoms with van der Waals surface area (Å²) in [5, 5.41) is 0.889. The maximum Gasteiger partial charge on any atom is 2.00 e. The van der Waals surface area contributed by atoms with Gasteiger partial charge in [0.15, 0.2) is 0 Å². The van der Waals surface area contributed by atoms with E-state index in [0.717, 1.165) is 0 Å². The van der Waals surface area contributed by atoms with E-state index in [9.17, 15) is 0 Å². The first-order chi connectivity index (χ1) is 5.46. The van der Waals surface area contributed by atoms with Crippen LogP contribution in [0.3, 0.4) is 0 Å². The van der Waals surface area contributed by atoms with Gasteiger partial charge in [0.25, 0.3) is 0 Å². The molecule has 0 unspecified atom stereocenters. The third-order valence-corrected chi connectivity index (χ3v) is 4.17. The smallest absolute Gasteiger partial charge is 0.140 e. The van der Waals surface area contributed by atoms with E-state index in [1.807, 2.05) is 0 Å². The van der Waals surface area contributed by atoms with Crippen molar-refractivity contribution in [1.82, 2.24) is 0 Å². The molecule has 0 aromatic heterocycles. The topological polar surface area (TPSA) is 0 Å². The third kappa shape index (κ3) is 2.81. The summed E-state index contributed by atoms with van der Waals surface area (Å²) < 4.78 is 0. The number of hydrogen-bond acceptors (Lipinski definition) is 1. The third-order valence-electron chi connectivity index (χ3n) is 1.19. The van der Waals surface area contributed by atoms with Gasteiger partial charge >= 0.3 is 19.5 Å². The van der Waals surface area contributed by atoms with E-state index in [-0.39, 0.29) is 44.6 Å². The van der Waals surface area contributed by atoms with E-state index in [1.165, 1.54) is 0 Å². The van der Waals surface area contributed by atoms with Crippen LogP contribution in [-0.2, 0) is 19.5 Å². The largest absolute Gasteiger partial charge is 2.00 e. The van der Waals surface area contributed by atoms with Crippen LogP contribution in [0.5, 0.6) is 0 Å². The Bertz CT molecular complexity index is 235. The van der Waals surface area contributed by atoms with Crippen molar-refractivity contribution in [3.63, 3.8) is 0 Å². The molecule has 0 aliphatic rings. The summed E-state index contributed by atoms with van der Waals surface area (Å²) in [5.74, 6) is 0.